The molecule has 1 saturated carbocycles. The highest BCUT2D eigenvalue weighted by Gasteiger charge is 2.49. The fraction of sp³-hybridized carbons (Fsp3) is 0.882. The number of hydrazine groups is 1. The van der Waals surface area contributed by atoms with Crippen molar-refractivity contribution >= 4 is 32.3 Å². The van der Waals surface area contributed by atoms with Gasteiger partial charge < -0.3 is 5.32 Å². The predicted molar refractivity (Wildman–Crippen MR) is 185 cm³/mol. The summed E-state index contributed by atoms with van der Waals surface area (Å²) in [6, 6.07) is -0.538. The molecule has 8 heteroatoms. The molecule has 0 aromatic rings. The summed E-state index contributed by atoms with van der Waals surface area (Å²) in [5, 5.41) is 7.65. The van der Waals surface area contributed by atoms with E-state index in [1.807, 2.05) is 0 Å². The first-order valence-electron chi connectivity index (χ1n) is 17.3. The Bertz CT molecular complexity index is 732. The Morgan fingerprint density at radius 3 is 1.71 bits per heavy atom. The molecule has 1 amide bonds. The summed E-state index contributed by atoms with van der Waals surface area (Å²) in [6.07, 6.45) is 31.1. The topological polar surface area (TPSA) is 105 Å². The van der Waals surface area contributed by atoms with Crippen molar-refractivity contribution in [3.05, 3.63) is 17.6 Å². The van der Waals surface area contributed by atoms with Crippen molar-refractivity contribution in [3.8, 4) is 0 Å². The van der Waals surface area contributed by atoms with Gasteiger partial charge in [-0.1, -0.05) is 116 Å². The minimum atomic E-state index is -0.724. The van der Waals surface area contributed by atoms with Crippen molar-refractivity contribution < 1.29 is 9.59 Å². The van der Waals surface area contributed by atoms with Gasteiger partial charge in [0.15, 0.2) is 0 Å². The van der Waals surface area contributed by atoms with Gasteiger partial charge in [0.1, 0.15) is 0 Å². The van der Waals surface area contributed by atoms with Crippen LogP contribution >= 0.6 is 22.6 Å². The molecule has 2 unspecified atom stereocenters. The zero-order valence-corrected chi connectivity index (χ0v) is 29.1. The van der Waals surface area contributed by atoms with Crippen molar-refractivity contribution in [3.63, 3.8) is 0 Å². The molecule has 244 valence electrons. The molecule has 42 heavy (non-hydrogen) atoms. The summed E-state index contributed by atoms with van der Waals surface area (Å²) in [6.45, 7) is 8.16. The van der Waals surface area contributed by atoms with E-state index in [2.05, 4.69) is 30.1 Å². The number of allylic oxidation sites excluding steroid dienone is 1. The van der Waals surface area contributed by atoms with Gasteiger partial charge in [0.05, 0.1) is 6.04 Å². The molecule has 1 fully saturated rings. The van der Waals surface area contributed by atoms with Crippen LogP contribution in [0, 0.1) is 10.8 Å². The van der Waals surface area contributed by atoms with E-state index in [1.54, 1.807) is 27.6 Å². The van der Waals surface area contributed by atoms with Crippen molar-refractivity contribution in [2.24, 2.45) is 16.9 Å². The molecule has 0 heterocycles. The molecule has 0 aromatic heterocycles. The quantitative estimate of drug-likeness (QED) is 0.0142. The molecule has 0 aliphatic heterocycles. The molecular formula is C34H63IN4O3. The molecular weight excluding hydrogens is 639 g/mol. The van der Waals surface area contributed by atoms with Crippen molar-refractivity contribution in [1.82, 2.24) is 10.3 Å². The van der Waals surface area contributed by atoms with E-state index in [0.29, 0.717) is 5.92 Å². The summed E-state index contributed by atoms with van der Waals surface area (Å²) in [5.74, 6) is 6.31. The molecule has 0 bridgehead atoms. The number of hydrogen-bond donors (Lipinski definition) is 2. The van der Waals surface area contributed by atoms with Crippen LogP contribution in [0.15, 0.2) is 17.8 Å². The lowest BCUT2D eigenvalue weighted by atomic mass is 10.0. The van der Waals surface area contributed by atoms with Crippen LogP contribution < -0.4 is 11.2 Å². The molecule has 0 radical (unpaired) electrons. The highest BCUT2D eigenvalue weighted by atomic mass is 127. The Labute approximate surface area is 271 Å². The largest absolute Gasteiger partial charge is 0.317 e. The molecule has 0 aromatic carbocycles. The van der Waals surface area contributed by atoms with E-state index in [1.165, 1.54) is 116 Å². The summed E-state index contributed by atoms with van der Waals surface area (Å²) >= 11 is 1.74. The zero-order chi connectivity index (χ0) is 30.9. The van der Waals surface area contributed by atoms with E-state index >= 15 is 0 Å². The SMILES string of the molecule is C=CC(C)CCCCCCCCCCCCCCCCCCCNCCCC1(N(N)C(CCC(=O)N=O)C(=O)I)CC1. The Morgan fingerprint density at radius 2 is 1.29 bits per heavy atom. The summed E-state index contributed by atoms with van der Waals surface area (Å²) in [7, 11) is 0. The Kier molecular flexibility index (Phi) is 24.0. The van der Waals surface area contributed by atoms with Crippen molar-refractivity contribution in [2.45, 2.75) is 173 Å². The van der Waals surface area contributed by atoms with E-state index < -0.39 is 11.9 Å². The molecule has 7 nitrogen and oxygen atoms in total. The third-order valence-corrected chi connectivity index (χ3v) is 9.84. The second-order valence-electron chi connectivity index (χ2n) is 12.8. The average Bonchev–Trinajstić information content (AvgIpc) is 3.78. The minimum absolute atomic E-state index is 0.0360. The lowest BCUT2D eigenvalue weighted by Crippen LogP contribution is -2.52. The standard InChI is InChI=1S/C34H63IN4O3/c1-3-30(2)22-19-17-15-13-11-9-7-5-4-6-8-10-12-14-16-18-20-28-37-29-21-25-34(26-27-34)39(36)31(33(35)41)23-24-32(40)38-42/h3,30-31,37H,1,4-29,36H2,2H3. The number of rotatable bonds is 31. The number of amides is 1. The van der Waals surface area contributed by atoms with Gasteiger partial charge in [-0.05, 0) is 64.0 Å². The number of halogens is 1. The van der Waals surface area contributed by atoms with Crippen LogP contribution in [-0.4, -0.2) is 39.4 Å². The predicted octanol–water partition coefficient (Wildman–Crippen LogP) is 9.31. The van der Waals surface area contributed by atoms with Crippen LogP contribution in [0.3, 0.4) is 0 Å². The Morgan fingerprint density at radius 1 is 0.833 bits per heavy atom. The number of hydrogen-bond acceptors (Lipinski definition) is 6. The highest BCUT2D eigenvalue weighted by molar-refractivity contribution is 14.1. The maximum Gasteiger partial charge on any atom is 0.286 e. The smallest absolute Gasteiger partial charge is 0.286 e. The average molecular weight is 703 g/mol. The number of nitrogens with one attached hydrogen (secondary N) is 1. The maximum atomic E-state index is 12.1. The second-order valence-corrected chi connectivity index (χ2v) is 13.9. The third kappa shape index (κ3) is 19.5. The van der Waals surface area contributed by atoms with E-state index in [9.17, 15) is 14.5 Å². The monoisotopic (exact) mass is 702 g/mol. The van der Waals surface area contributed by atoms with Crippen LogP contribution in [0.2, 0.25) is 0 Å². The molecule has 1 aliphatic carbocycles. The third-order valence-electron chi connectivity index (χ3n) is 9.12. The van der Waals surface area contributed by atoms with Gasteiger partial charge in [0.25, 0.3) is 5.91 Å². The van der Waals surface area contributed by atoms with E-state index in [0.717, 1.165) is 38.8 Å². The second kappa shape index (κ2) is 25.6. The fourth-order valence-electron chi connectivity index (χ4n) is 5.93. The number of carbonyl (C=O) groups is 2. The fourth-order valence-corrected chi connectivity index (χ4v) is 6.54. The van der Waals surface area contributed by atoms with Crippen LogP contribution in [-0.2, 0) is 9.59 Å². The Hall–Kier alpha value is -0.710. The van der Waals surface area contributed by atoms with Crippen LogP contribution in [0.5, 0.6) is 0 Å². The zero-order valence-electron chi connectivity index (χ0n) is 26.9. The van der Waals surface area contributed by atoms with Crippen LogP contribution in [0.1, 0.15) is 161 Å². The number of nitrogens with zero attached hydrogens (tertiary/aromatic N) is 2. The van der Waals surface area contributed by atoms with Gasteiger partial charge in [-0.15, -0.1) is 11.5 Å². The maximum absolute atomic E-state index is 12.1. The first kappa shape index (κ1) is 39.3. The number of unbranched alkanes of at least 4 members (excludes halogenated alkanes) is 16. The minimum Gasteiger partial charge on any atom is -0.317 e. The van der Waals surface area contributed by atoms with Crippen molar-refractivity contribution in [2.75, 3.05) is 13.1 Å². The molecule has 2 atom stereocenters. The number of carbonyl (C=O) groups excluding carboxylic acids is 2. The summed E-state index contributed by atoms with van der Waals surface area (Å²) < 4.78 is -0.0919. The van der Waals surface area contributed by atoms with Gasteiger partial charge in [-0.25, -0.2) is 5.01 Å². The molecule has 0 saturated heterocycles. The van der Waals surface area contributed by atoms with Gasteiger partial charge in [-0.2, -0.15) is 0 Å². The van der Waals surface area contributed by atoms with Crippen LogP contribution in [0.25, 0.3) is 0 Å². The van der Waals surface area contributed by atoms with Crippen molar-refractivity contribution in [1.29, 1.82) is 0 Å². The van der Waals surface area contributed by atoms with Gasteiger partial charge in [0.2, 0.25) is 3.79 Å². The molecule has 1 rings (SSSR count). The summed E-state index contributed by atoms with van der Waals surface area (Å²) in [4.78, 5) is 33.7. The lowest BCUT2D eigenvalue weighted by Gasteiger charge is -2.33. The normalized spacial score (nSPS) is 15.4. The van der Waals surface area contributed by atoms with E-state index in [-0.39, 0.29) is 22.2 Å². The highest BCUT2D eigenvalue weighted by Crippen LogP contribution is 2.45. The van der Waals surface area contributed by atoms with Gasteiger partial charge >= 0.3 is 0 Å². The number of nitrogens with two attached hydrogens (primary N) is 1. The van der Waals surface area contributed by atoms with E-state index in [4.69, 9.17) is 5.84 Å². The molecule has 3 N–H and O–H groups in total. The van der Waals surface area contributed by atoms with Crippen LogP contribution in [0.4, 0.5) is 0 Å². The van der Waals surface area contributed by atoms with Gasteiger partial charge in [-0.3, -0.25) is 15.4 Å². The summed E-state index contributed by atoms with van der Waals surface area (Å²) in [5.41, 5.74) is -0.144. The lowest BCUT2D eigenvalue weighted by molar-refractivity contribution is -0.119. The molecule has 0 spiro atoms. The van der Waals surface area contributed by atoms with Gasteiger partial charge in [0, 0.05) is 39.7 Å². The molecule has 1 aliphatic rings. The first-order valence-corrected chi connectivity index (χ1v) is 18.4. The number of nitroso groups, excluding NO2 is 1. The first-order chi connectivity index (χ1) is 20.4. The Balaban J connectivity index is 1.86.